The lowest BCUT2D eigenvalue weighted by molar-refractivity contribution is -0.188. The number of nitrogens with one attached hydrogen (secondary N) is 1. The van der Waals surface area contributed by atoms with Gasteiger partial charge in [-0.2, -0.15) is 13.2 Å². The number of unbranched alkanes of at least 4 members (excludes halogenated alkanes) is 1. The van der Waals surface area contributed by atoms with E-state index in [2.05, 4.69) is 22.0 Å². The Hall–Kier alpha value is -2.59. The van der Waals surface area contributed by atoms with E-state index in [4.69, 9.17) is 9.18 Å². The van der Waals surface area contributed by atoms with Crippen LogP contribution in [0.15, 0.2) is 34.2 Å². The van der Waals surface area contributed by atoms with Gasteiger partial charge in [0, 0.05) is 61.9 Å². The molecule has 2 aliphatic rings. The van der Waals surface area contributed by atoms with Crippen LogP contribution in [0, 0.1) is 18.4 Å². The summed E-state index contributed by atoms with van der Waals surface area (Å²) >= 11 is 0. The molecule has 0 radical (unpaired) electrons. The van der Waals surface area contributed by atoms with Crippen LogP contribution in [0.5, 0.6) is 0 Å². The van der Waals surface area contributed by atoms with Gasteiger partial charge in [0.25, 0.3) is 0 Å². The Morgan fingerprint density at radius 2 is 1.89 bits per heavy atom. The first kappa shape index (κ1) is 25.5. The zero-order chi connectivity index (χ0) is 25.3. The molecule has 2 aliphatic heterocycles. The molecule has 1 unspecified atom stereocenters. The predicted molar refractivity (Wildman–Crippen MR) is 133 cm³/mol. The van der Waals surface area contributed by atoms with Gasteiger partial charge in [-0.25, -0.2) is 9.79 Å². The van der Waals surface area contributed by atoms with Gasteiger partial charge in [-0.3, -0.25) is 0 Å². The molecule has 6 nitrogen and oxygen atoms in total. The summed E-state index contributed by atoms with van der Waals surface area (Å²) in [5.74, 6) is -2.19. The highest BCUT2D eigenvalue weighted by Gasteiger charge is 2.42. The number of rotatable bonds is 6. The first-order chi connectivity index (χ1) is 16.6. The van der Waals surface area contributed by atoms with Crippen molar-refractivity contribution in [3.05, 3.63) is 45.3 Å². The van der Waals surface area contributed by atoms with E-state index in [1.54, 1.807) is 0 Å². The molecule has 0 aliphatic carbocycles. The molecule has 0 aromatic heterocycles. The summed E-state index contributed by atoms with van der Waals surface area (Å²) in [5.41, 5.74) is 4.01. The number of hydrogen-bond acceptors (Lipinski definition) is 6. The summed E-state index contributed by atoms with van der Waals surface area (Å²) in [6.45, 7) is 9.92. The Morgan fingerprint density at radius 1 is 1.17 bits per heavy atom. The van der Waals surface area contributed by atoms with Crippen molar-refractivity contribution in [1.82, 2.24) is 5.32 Å². The molecule has 1 N–H and O–H groups in total. The molecule has 35 heavy (non-hydrogen) atoms. The third-order valence-electron chi connectivity index (χ3n) is 6.28. The van der Waals surface area contributed by atoms with Crippen LogP contribution in [-0.4, -0.2) is 51.9 Å². The maximum atomic E-state index is 13.3. The van der Waals surface area contributed by atoms with Crippen LogP contribution in [0.4, 0.5) is 30.2 Å². The van der Waals surface area contributed by atoms with Gasteiger partial charge in [-0.15, -0.1) is 0 Å². The molecule has 0 amide bonds. The monoisotopic (exact) mass is 508 g/mol. The minimum absolute atomic E-state index is 0.505. The Kier molecular flexibility index (Phi) is 7.42. The van der Waals surface area contributed by atoms with Crippen molar-refractivity contribution in [2.75, 3.05) is 49.6 Å². The number of piperazine rings is 1. The van der Waals surface area contributed by atoms with Gasteiger partial charge in [0.05, 0.1) is 20.5 Å². The molecule has 1 saturated heterocycles. The van der Waals surface area contributed by atoms with E-state index < -0.39 is 22.9 Å². The molecule has 1 fully saturated rings. The zero-order valence-corrected chi connectivity index (χ0v) is 21.3. The summed E-state index contributed by atoms with van der Waals surface area (Å²) in [4.78, 5) is 21.7. The number of nitrogens with zero attached hydrogens (tertiary/aromatic N) is 3. The molecule has 190 valence electrons. The molecule has 0 bridgehead atoms. The normalized spacial score (nSPS) is 17.3. The molecule has 2 aromatic carbocycles. The van der Waals surface area contributed by atoms with Crippen LogP contribution in [0.1, 0.15) is 30.9 Å². The first-order valence-corrected chi connectivity index (χ1v) is 13.0. The van der Waals surface area contributed by atoms with E-state index in [1.165, 1.54) is 0 Å². The summed E-state index contributed by atoms with van der Waals surface area (Å²) in [7, 11) is 0.384. The van der Waals surface area contributed by atoms with Gasteiger partial charge in [0.2, 0.25) is 0 Å². The molecule has 2 heterocycles. The third-order valence-corrected chi connectivity index (χ3v) is 8.02. The number of benzene rings is 2. The van der Waals surface area contributed by atoms with Crippen molar-refractivity contribution in [1.29, 1.82) is 0 Å². The number of alkyl halides is 3. The number of aryl methyl sites for hydroxylation is 2. The van der Waals surface area contributed by atoms with Gasteiger partial charge in [-0.1, -0.05) is 13.3 Å². The van der Waals surface area contributed by atoms with Crippen molar-refractivity contribution >= 4 is 33.8 Å². The maximum absolute atomic E-state index is 13.3. The number of carbonyl (C=O) groups excluding carboxylic acids is 1. The van der Waals surface area contributed by atoms with E-state index >= 15 is 0 Å². The van der Waals surface area contributed by atoms with Crippen LogP contribution in [0.25, 0.3) is 0 Å². The Bertz CT molecular complexity index is 1260. The Morgan fingerprint density at radius 3 is 2.54 bits per heavy atom. The van der Waals surface area contributed by atoms with Gasteiger partial charge >= 0.3 is 12.1 Å². The number of halogens is 3. The van der Waals surface area contributed by atoms with Crippen LogP contribution in [0.3, 0.4) is 0 Å². The van der Waals surface area contributed by atoms with Crippen molar-refractivity contribution in [2.24, 2.45) is 4.99 Å². The SMILES string of the molecule is CCCCN(C)c1cc(C)c2c(c1)=S(OC(=O)C(F)(F)F)c1cc(N3CCNCC3)cc(C)c1N=2. The molecule has 4 rings (SSSR count). The average Bonchev–Trinajstić information content (AvgIpc) is 2.82. The molecule has 0 spiro atoms. The highest BCUT2D eigenvalue weighted by molar-refractivity contribution is 8.05. The first-order valence-electron chi connectivity index (χ1n) is 11.8. The van der Waals surface area contributed by atoms with Crippen molar-refractivity contribution < 1.29 is 22.1 Å². The van der Waals surface area contributed by atoms with Crippen molar-refractivity contribution in [2.45, 2.75) is 44.7 Å². The average molecular weight is 509 g/mol. The topological polar surface area (TPSA) is 57.2 Å². The quantitative estimate of drug-likeness (QED) is 0.568. The summed E-state index contributed by atoms with van der Waals surface area (Å²) in [6.07, 6.45) is -3.07. The summed E-state index contributed by atoms with van der Waals surface area (Å²) < 4.78 is 45.7. The van der Waals surface area contributed by atoms with Gasteiger partial charge < -0.3 is 19.3 Å². The lowest BCUT2D eigenvalue weighted by atomic mass is 10.1. The standard InChI is InChI=1S/C25H31F3N4O2S/c1-5-6-9-31(4)18-12-16(2)22-20(14-18)35(34-24(33)25(26,27)28)21-15-19(13-17(3)23(21)30-22)32-10-7-29-8-11-32/h12-15,29H,5-11H2,1-4H3. The number of hydrogen-bond donors (Lipinski definition) is 1. The lowest BCUT2D eigenvalue weighted by Crippen LogP contribution is -2.43. The number of fused-ring (bicyclic) bond motifs is 2. The van der Waals surface area contributed by atoms with Crippen molar-refractivity contribution in [3.8, 4) is 0 Å². The second kappa shape index (κ2) is 10.2. The minimum Gasteiger partial charge on any atom is -0.388 e. The van der Waals surface area contributed by atoms with E-state index in [0.29, 0.717) is 20.5 Å². The highest BCUT2D eigenvalue weighted by atomic mass is 32.2. The molecular weight excluding hydrogens is 477 g/mol. The number of carbonyl (C=O) groups is 1. The van der Waals surface area contributed by atoms with Crippen LogP contribution < -0.4 is 20.5 Å². The van der Waals surface area contributed by atoms with Gasteiger partial charge in [0.1, 0.15) is 0 Å². The fraction of sp³-hybridized carbons (Fsp3) is 0.480. The summed E-state index contributed by atoms with van der Waals surface area (Å²) in [6, 6.07) is 7.66. The minimum atomic E-state index is -5.09. The Balaban J connectivity index is 1.94. The summed E-state index contributed by atoms with van der Waals surface area (Å²) in [5, 5.41) is 3.88. The number of anilines is 2. The predicted octanol–water partition coefficient (Wildman–Crippen LogP) is 4.81. The Labute approximate surface area is 205 Å². The fourth-order valence-corrected chi connectivity index (χ4v) is 6.20. The molecule has 0 saturated carbocycles. The van der Waals surface area contributed by atoms with E-state index in [9.17, 15) is 18.0 Å². The zero-order valence-electron chi connectivity index (χ0n) is 20.5. The smallest absolute Gasteiger partial charge is 0.388 e. The van der Waals surface area contributed by atoms with Gasteiger partial charge in [-0.05, 0) is 55.7 Å². The van der Waals surface area contributed by atoms with E-state index in [0.717, 1.165) is 68.1 Å². The van der Waals surface area contributed by atoms with Crippen LogP contribution in [-0.2, 0) is 8.98 Å². The molecule has 10 heteroatoms. The van der Waals surface area contributed by atoms with E-state index in [1.807, 2.05) is 45.2 Å². The van der Waals surface area contributed by atoms with Gasteiger partial charge in [0.15, 0.2) is 0 Å². The van der Waals surface area contributed by atoms with Crippen LogP contribution in [0.2, 0.25) is 0 Å². The second-order valence-electron chi connectivity index (χ2n) is 8.98. The lowest BCUT2D eigenvalue weighted by Gasteiger charge is -2.31. The molecule has 2 aromatic rings. The fourth-order valence-electron chi connectivity index (χ4n) is 4.32. The second-order valence-corrected chi connectivity index (χ2v) is 10.6. The highest BCUT2D eigenvalue weighted by Crippen LogP contribution is 2.45. The largest absolute Gasteiger partial charge is 0.492 e. The maximum Gasteiger partial charge on any atom is 0.492 e. The molecular formula is C25H31F3N4O2S. The van der Waals surface area contributed by atoms with Crippen LogP contribution >= 0.6 is 10.8 Å². The third kappa shape index (κ3) is 5.33. The molecule has 1 atom stereocenters. The van der Waals surface area contributed by atoms with Crippen molar-refractivity contribution in [3.63, 3.8) is 0 Å². The van der Waals surface area contributed by atoms with E-state index in [-0.39, 0.29) is 0 Å².